The highest BCUT2D eigenvalue weighted by Crippen LogP contribution is 2.37. The fraction of sp³-hybridized carbons (Fsp3) is 0.400. The van der Waals surface area contributed by atoms with Gasteiger partial charge in [0.15, 0.2) is 0 Å². The van der Waals surface area contributed by atoms with Crippen LogP contribution in [0.1, 0.15) is 35.8 Å². The highest BCUT2D eigenvalue weighted by molar-refractivity contribution is 5.23. The molecule has 1 saturated carbocycles. The van der Waals surface area contributed by atoms with Crippen molar-refractivity contribution >= 4 is 0 Å². The Bertz CT molecular complexity index is 561. The summed E-state index contributed by atoms with van der Waals surface area (Å²) in [7, 11) is 0. The molecule has 1 aromatic carbocycles. The van der Waals surface area contributed by atoms with Crippen molar-refractivity contribution in [3.05, 3.63) is 53.2 Å². The molecule has 1 aliphatic carbocycles. The second-order valence-corrected chi connectivity index (χ2v) is 5.23. The standard InChI is InChI=1S/C15H17FN2O/c1-10-5-15(18-19-10)9-17-14-7-12(8-14)11-3-2-4-13(16)6-11/h2-6,12,14,17H,7-9H2,1H3. The maximum absolute atomic E-state index is 13.1. The molecule has 0 amide bonds. The first-order valence-corrected chi connectivity index (χ1v) is 6.62. The van der Waals surface area contributed by atoms with E-state index in [4.69, 9.17) is 4.52 Å². The molecule has 1 aromatic heterocycles. The minimum absolute atomic E-state index is 0.146. The van der Waals surface area contributed by atoms with Crippen LogP contribution in [0.25, 0.3) is 0 Å². The predicted octanol–water partition coefficient (Wildman–Crippen LogP) is 3.16. The van der Waals surface area contributed by atoms with Gasteiger partial charge < -0.3 is 9.84 Å². The Hall–Kier alpha value is -1.68. The SMILES string of the molecule is Cc1cc(CNC2CC(c3cccc(F)c3)C2)no1. The van der Waals surface area contributed by atoms with Gasteiger partial charge in [-0.05, 0) is 43.4 Å². The molecule has 0 spiro atoms. The van der Waals surface area contributed by atoms with Crippen LogP contribution in [0.4, 0.5) is 4.39 Å². The Labute approximate surface area is 111 Å². The van der Waals surface area contributed by atoms with Gasteiger partial charge in [-0.15, -0.1) is 0 Å². The third-order valence-electron chi connectivity index (χ3n) is 3.71. The van der Waals surface area contributed by atoms with E-state index in [0.717, 1.165) is 36.4 Å². The number of aromatic nitrogens is 1. The molecule has 0 radical (unpaired) electrons. The Morgan fingerprint density at radius 2 is 2.21 bits per heavy atom. The van der Waals surface area contributed by atoms with Gasteiger partial charge in [0.25, 0.3) is 0 Å². The number of nitrogens with one attached hydrogen (secondary N) is 1. The van der Waals surface area contributed by atoms with Crippen molar-refractivity contribution in [1.82, 2.24) is 10.5 Å². The number of hydrogen-bond donors (Lipinski definition) is 1. The van der Waals surface area contributed by atoms with E-state index in [9.17, 15) is 4.39 Å². The summed E-state index contributed by atoms with van der Waals surface area (Å²) in [5.41, 5.74) is 2.04. The van der Waals surface area contributed by atoms with Crippen LogP contribution >= 0.6 is 0 Å². The van der Waals surface area contributed by atoms with E-state index < -0.39 is 0 Å². The average molecular weight is 260 g/mol. The molecule has 0 bridgehead atoms. The molecule has 0 atom stereocenters. The van der Waals surface area contributed by atoms with Crippen molar-refractivity contribution < 1.29 is 8.91 Å². The van der Waals surface area contributed by atoms with Gasteiger partial charge in [-0.2, -0.15) is 0 Å². The molecule has 1 aliphatic rings. The zero-order chi connectivity index (χ0) is 13.2. The smallest absolute Gasteiger partial charge is 0.133 e. The van der Waals surface area contributed by atoms with Crippen LogP contribution in [0.2, 0.25) is 0 Å². The van der Waals surface area contributed by atoms with Gasteiger partial charge in [0, 0.05) is 18.7 Å². The third-order valence-corrected chi connectivity index (χ3v) is 3.71. The van der Waals surface area contributed by atoms with Gasteiger partial charge in [-0.25, -0.2) is 4.39 Å². The molecule has 1 N–H and O–H groups in total. The van der Waals surface area contributed by atoms with Gasteiger partial charge in [0.2, 0.25) is 0 Å². The number of hydrogen-bond acceptors (Lipinski definition) is 3. The van der Waals surface area contributed by atoms with Crippen LogP contribution in [-0.4, -0.2) is 11.2 Å². The van der Waals surface area contributed by atoms with Crippen LogP contribution < -0.4 is 5.32 Å². The molecule has 2 aromatic rings. The number of rotatable bonds is 4. The Balaban J connectivity index is 1.48. The highest BCUT2D eigenvalue weighted by Gasteiger charge is 2.30. The lowest BCUT2D eigenvalue weighted by molar-refractivity contribution is 0.285. The fourth-order valence-corrected chi connectivity index (χ4v) is 2.57. The molecule has 19 heavy (non-hydrogen) atoms. The van der Waals surface area contributed by atoms with Crippen molar-refractivity contribution in [3.8, 4) is 0 Å². The molecule has 3 nitrogen and oxygen atoms in total. The van der Waals surface area contributed by atoms with Gasteiger partial charge in [-0.3, -0.25) is 0 Å². The minimum Gasteiger partial charge on any atom is -0.361 e. The lowest BCUT2D eigenvalue weighted by atomic mass is 9.76. The summed E-state index contributed by atoms with van der Waals surface area (Å²) < 4.78 is 18.1. The number of halogens is 1. The van der Waals surface area contributed by atoms with Crippen LogP contribution in [-0.2, 0) is 6.54 Å². The van der Waals surface area contributed by atoms with Gasteiger partial charge in [0.1, 0.15) is 11.6 Å². The van der Waals surface area contributed by atoms with Crippen LogP contribution in [0.3, 0.4) is 0 Å². The van der Waals surface area contributed by atoms with E-state index >= 15 is 0 Å². The molecule has 1 fully saturated rings. The topological polar surface area (TPSA) is 38.1 Å². The van der Waals surface area contributed by atoms with Crippen molar-refractivity contribution in [2.45, 2.75) is 38.3 Å². The van der Waals surface area contributed by atoms with E-state index in [1.165, 1.54) is 6.07 Å². The van der Waals surface area contributed by atoms with E-state index in [-0.39, 0.29) is 5.82 Å². The fourth-order valence-electron chi connectivity index (χ4n) is 2.57. The summed E-state index contributed by atoms with van der Waals surface area (Å²) in [6.45, 7) is 2.62. The second-order valence-electron chi connectivity index (χ2n) is 5.23. The number of aryl methyl sites for hydroxylation is 1. The Kier molecular flexibility index (Phi) is 3.34. The van der Waals surface area contributed by atoms with E-state index in [1.54, 1.807) is 12.1 Å². The summed E-state index contributed by atoms with van der Waals surface area (Å²) >= 11 is 0. The van der Waals surface area contributed by atoms with Crippen molar-refractivity contribution in [3.63, 3.8) is 0 Å². The molecular formula is C15H17FN2O. The van der Waals surface area contributed by atoms with Crippen LogP contribution in [0, 0.1) is 12.7 Å². The normalized spacial score (nSPS) is 22.2. The summed E-state index contributed by atoms with van der Waals surface area (Å²) in [6, 6.07) is 9.35. The second kappa shape index (κ2) is 5.13. The van der Waals surface area contributed by atoms with Crippen molar-refractivity contribution in [2.24, 2.45) is 0 Å². The first-order chi connectivity index (χ1) is 9.20. The zero-order valence-corrected chi connectivity index (χ0v) is 10.9. The zero-order valence-electron chi connectivity index (χ0n) is 10.9. The Morgan fingerprint density at radius 1 is 1.37 bits per heavy atom. The summed E-state index contributed by atoms with van der Waals surface area (Å²) in [5, 5.41) is 7.39. The summed E-state index contributed by atoms with van der Waals surface area (Å²) in [6.07, 6.45) is 2.11. The molecule has 3 rings (SSSR count). The van der Waals surface area contributed by atoms with Crippen LogP contribution in [0.15, 0.2) is 34.9 Å². The van der Waals surface area contributed by atoms with E-state index in [1.807, 2.05) is 19.1 Å². The summed E-state index contributed by atoms with van der Waals surface area (Å²) in [5.74, 6) is 1.17. The van der Waals surface area contributed by atoms with E-state index in [0.29, 0.717) is 12.0 Å². The van der Waals surface area contributed by atoms with Crippen molar-refractivity contribution in [2.75, 3.05) is 0 Å². The quantitative estimate of drug-likeness (QED) is 0.917. The molecule has 0 saturated heterocycles. The average Bonchev–Trinajstić information content (AvgIpc) is 2.73. The lowest BCUT2D eigenvalue weighted by Crippen LogP contribution is -2.39. The summed E-state index contributed by atoms with van der Waals surface area (Å²) in [4.78, 5) is 0. The van der Waals surface area contributed by atoms with Gasteiger partial charge in [0.05, 0.1) is 5.69 Å². The minimum atomic E-state index is -0.146. The first kappa shape index (κ1) is 12.4. The molecule has 4 heteroatoms. The third kappa shape index (κ3) is 2.84. The van der Waals surface area contributed by atoms with Crippen LogP contribution in [0.5, 0.6) is 0 Å². The number of benzene rings is 1. The molecule has 0 aliphatic heterocycles. The highest BCUT2D eigenvalue weighted by atomic mass is 19.1. The van der Waals surface area contributed by atoms with Crippen molar-refractivity contribution in [1.29, 1.82) is 0 Å². The number of nitrogens with zero attached hydrogens (tertiary/aromatic N) is 1. The van der Waals surface area contributed by atoms with Gasteiger partial charge >= 0.3 is 0 Å². The molecule has 0 unspecified atom stereocenters. The lowest BCUT2D eigenvalue weighted by Gasteiger charge is -2.36. The Morgan fingerprint density at radius 3 is 2.89 bits per heavy atom. The predicted molar refractivity (Wildman–Crippen MR) is 70.2 cm³/mol. The maximum atomic E-state index is 13.1. The molecule has 1 heterocycles. The molecular weight excluding hydrogens is 243 g/mol. The van der Waals surface area contributed by atoms with E-state index in [2.05, 4.69) is 10.5 Å². The van der Waals surface area contributed by atoms with Gasteiger partial charge in [-0.1, -0.05) is 17.3 Å². The monoisotopic (exact) mass is 260 g/mol. The first-order valence-electron chi connectivity index (χ1n) is 6.62. The largest absolute Gasteiger partial charge is 0.361 e. The maximum Gasteiger partial charge on any atom is 0.133 e. The molecule has 100 valence electrons.